The molecule has 1 saturated heterocycles. The van der Waals surface area contributed by atoms with E-state index in [1.807, 2.05) is 31.4 Å². The molecule has 0 atom stereocenters. The van der Waals surface area contributed by atoms with Crippen LogP contribution in [0.5, 0.6) is 0 Å². The smallest absolute Gasteiger partial charge is 0.289 e. The minimum Gasteiger partial charge on any atom is -0.444 e. The fourth-order valence-corrected chi connectivity index (χ4v) is 3.10. The molecule has 22 heavy (non-hydrogen) atoms. The molecular weight excluding hydrogens is 346 g/mol. The van der Waals surface area contributed by atoms with Crippen molar-refractivity contribution in [3.63, 3.8) is 0 Å². The van der Waals surface area contributed by atoms with Crippen LogP contribution in [-0.2, 0) is 0 Å². The van der Waals surface area contributed by atoms with Gasteiger partial charge in [-0.25, -0.2) is 4.98 Å². The van der Waals surface area contributed by atoms with Crippen LogP contribution >= 0.6 is 15.9 Å². The number of carbonyl (C=O) groups is 1. The number of hydrogen-bond acceptors (Lipinski definition) is 4. The molecule has 0 N–H and O–H groups in total. The van der Waals surface area contributed by atoms with Gasteiger partial charge < -0.3 is 14.2 Å². The van der Waals surface area contributed by atoms with E-state index < -0.39 is 0 Å². The van der Waals surface area contributed by atoms with Crippen molar-refractivity contribution in [2.75, 3.05) is 25.0 Å². The molecule has 0 radical (unpaired) electrons. The van der Waals surface area contributed by atoms with Crippen molar-refractivity contribution in [1.29, 1.82) is 0 Å². The first-order chi connectivity index (χ1) is 10.6. The zero-order chi connectivity index (χ0) is 15.5. The van der Waals surface area contributed by atoms with E-state index in [-0.39, 0.29) is 11.9 Å². The van der Waals surface area contributed by atoms with Gasteiger partial charge in [-0.2, -0.15) is 0 Å². The average molecular weight is 364 g/mol. The molecule has 0 spiro atoms. The Labute approximate surface area is 138 Å². The average Bonchev–Trinajstić information content (AvgIpc) is 3.01. The number of amides is 1. The molecule has 2 aromatic rings. The van der Waals surface area contributed by atoms with E-state index in [4.69, 9.17) is 4.42 Å². The summed E-state index contributed by atoms with van der Waals surface area (Å²) in [7, 11) is 1.85. The van der Waals surface area contributed by atoms with Crippen molar-refractivity contribution in [1.82, 2.24) is 9.88 Å². The van der Waals surface area contributed by atoms with Gasteiger partial charge in [-0.05, 0) is 53.0 Å². The maximum absolute atomic E-state index is 12.4. The SMILES string of the molecule is CN(C(=O)c1ccc(Br)o1)C1CCN(c2ccccn2)CC1. The molecule has 1 aliphatic heterocycles. The summed E-state index contributed by atoms with van der Waals surface area (Å²) in [5, 5.41) is 0. The minimum atomic E-state index is -0.0676. The molecule has 0 bridgehead atoms. The van der Waals surface area contributed by atoms with E-state index in [2.05, 4.69) is 25.8 Å². The van der Waals surface area contributed by atoms with Crippen molar-refractivity contribution in [2.45, 2.75) is 18.9 Å². The third-order valence-electron chi connectivity index (χ3n) is 4.09. The molecule has 1 fully saturated rings. The maximum Gasteiger partial charge on any atom is 0.289 e. The first kappa shape index (κ1) is 15.1. The molecular formula is C16H18BrN3O2. The lowest BCUT2D eigenvalue weighted by atomic mass is 10.0. The van der Waals surface area contributed by atoms with Crippen LogP contribution in [0.2, 0.25) is 0 Å². The second-order valence-electron chi connectivity index (χ2n) is 5.43. The number of nitrogens with zero attached hydrogens (tertiary/aromatic N) is 3. The number of furan rings is 1. The summed E-state index contributed by atoms with van der Waals surface area (Å²) in [5.41, 5.74) is 0. The van der Waals surface area contributed by atoms with Crippen LogP contribution in [-0.4, -0.2) is 42.0 Å². The second kappa shape index (κ2) is 6.52. The standard InChI is InChI=1S/C16H18BrN3O2/c1-19(16(21)13-5-6-14(17)22-13)12-7-10-20(11-8-12)15-4-2-3-9-18-15/h2-6,9,12H,7-8,10-11H2,1H3. The lowest BCUT2D eigenvalue weighted by molar-refractivity contribution is 0.0675. The number of halogens is 1. The molecule has 1 amide bonds. The van der Waals surface area contributed by atoms with Crippen molar-refractivity contribution < 1.29 is 9.21 Å². The molecule has 0 aliphatic carbocycles. The Kier molecular flexibility index (Phi) is 4.47. The van der Waals surface area contributed by atoms with E-state index in [1.54, 1.807) is 17.0 Å². The van der Waals surface area contributed by atoms with Gasteiger partial charge in [0, 0.05) is 32.4 Å². The van der Waals surface area contributed by atoms with Gasteiger partial charge in [-0.15, -0.1) is 0 Å². The van der Waals surface area contributed by atoms with Crippen LogP contribution < -0.4 is 4.90 Å². The van der Waals surface area contributed by atoms with Crippen LogP contribution in [0.1, 0.15) is 23.4 Å². The summed E-state index contributed by atoms with van der Waals surface area (Å²) < 4.78 is 5.93. The Balaban J connectivity index is 1.60. The summed E-state index contributed by atoms with van der Waals surface area (Å²) in [5.74, 6) is 1.31. The van der Waals surface area contributed by atoms with Gasteiger partial charge in [0.2, 0.25) is 0 Å². The molecule has 116 valence electrons. The highest BCUT2D eigenvalue weighted by atomic mass is 79.9. The molecule has 1 aliphatic rings. The fourth-order valence-electron chi connectivity index (χ4n) is 2.79. The molecule has 3 heterocycles. The lowest BCUT2D eigenvalue weighted by Gasteiger charge is -2.37. The van der Waals surface area contributed by atoms with E-state index in [1.165, 1.54) is 0 Å². The molecule has 2 aromatic heterocycles. The normalized spacial score (nSPS) is 15.8. The van der Waals surface area contributed by atoms with Crippen molar-refractivity contribution in [2.24, 2.45) is 0 Å². The summed E-state index contributed by atoms with van der Waals surface area (Å²) in [4.78, 5) is 20.8. The second-order valence-corrected chi connectivity index (χ2v) is 6.21. The predicted octanol–water partition coefficient (Wildman–Crippen LogP) is 3.18. The van der Waals surface area contributed by atoms with E-state index in [9.17, 15) is 4.79 Å². The first-order valence-corrected chi connectivity index (χ1v) is 8.13. The molecule has 0 unspecified atom stereocenters. The van der Waals surface area contributed by atoms with Crippen molar-refractivity contribution >= 4 is 27.7 Å². The number of aromatic nitrogens is 1. The number of anilines is 1. The summed E-state index contributed by atoms with van der Waals surface area (Å²) >= 11 is 3.23. The lowest BCUT2D eigenvalue weighted by Crippen LogP contribution is -2.45. The highest BCUT2D eigenvalue weighted by Crippen LogP contribution is 2.22. The van der Waals surface area contributed by atoms with E-state index in [0.29, 0.717) is 10.4 Å². The zero-order valence-electron chi connectivity index (χ0n) is 12.4. The molecule has 3 rings (SSSR count). The molecule has 0 saturated carbocycles. The highest BCUT2D eigenvalue weighted by Gasteiger charge is 2.27. The van der Waals surface area contributed by atoms with Gasteiger partial charge in [0.1, 0.15) is 5.82 Å². The van der Waals surface area contributed by atoms with E-state index >= 15 is 0 Å². The third-order valence-corrected chi connectivity index (χ3v) is 4.52. The van der Waals surface area contributed by atoms with Gasteiger partial charge in [0.05, 0.1) is 0 Å². The quantitative estimate of drug-likeness (QED) is 0.840. The summed E-state index contributed by atoms with van der Waals surface area (Å²) in [6.07, 6.45) is 3.67. The van der Waals surface area contributed by atoms with Crippen molar-refractivity contribution in [3.8, 4) is 0 Å². The Morgan fingerprint density at radius 1 is 1.32 bits per heavy atom. The molecule has 0 aromatic carbocycles. The Morgan fingerprint density at radius 2 is 2.09 bits per heavy atom. The Morgan fingerprint density at radius 3 is 2.68 bits per heavy atom. The van der Waals surface area contributed by atoms with Crippen LogP contribution in [0.3, 0.4) is 0 Å². The zero-order valence-corrected chi connectivity index (χ0v) is 14.0. The fraction of sp³-hybridized carbons (Fsp3) is 0.375. The number of hydrogen-bond donors (Lipinski definition) is 0. The van der Waals surface area contributed by atoms with E-state index in [0.717, 1.165) is 31.7 Å². The van der Waals surface area contributed by atoms with Crippen LogP contribution in [0.25, 0.3) is 0 Å². The largest absolute Gasteiger partial charge is 0.444 e. The van der Waals surface area contributed by atoms with Crippen molar-refractivity contribution in [3.05, 3.63) is 47.0 Å². The number of carbonyl (C=O) groups excluding carboxylic acids is 1. The predicted molar refractivity (Wildman–Crippen MR) is 88.0 cm³/mol. The minimum absolute atomic E-state index is 0.0676. The number of pyridine rings is 1. The molecule has 6 heteroatoms. The monoisotopic (exact) mass is 363 g/mol. The first-order valence-electron chi connectivity index (χ1n) is 7.33. The van der Waals surface area contributed by atoms with Gasteiger partial charge in [0.25, 0.3) is 5.91 Å². The summed E-state index contributed by atoms with van der Waals surface area (Å²) in [6.45, 7) is 1.81. The molecule has 5 nitrogen and oxygen atoms in total. The topological polar surface area (TPSA) is 49.6 Å². The Bertz CT molecular complexity index is 636. The summed E-state index contributed by atoms with van der Waals surface area (Å²) in [6, 6.07) is 9.62. The number of piperidine rings is 1. The maximum atomic E-state index is 12.4. The van der Waals surface area contributed by atoms with Crippen LogP contribution in [0, 0.1) is 0 Å². The van der Waals surface area contributed by atoms with Gasteiger partial charge in [-0.1, -0.05) is 6.07 Å². The van der Waals surface area contributed by atoms with Gasteiger partial charge in [0.15, 0.2) is 10.4 Å². The van der Waals surface area contributed by atoms with Crippen LogP contribution in [0.15, 0.2) is 45.6 Å². The van der Waals surface area contributed by atoms with Gasteiger partial charge >= 0.3 is 0 Å². The third kappa shape index (κ3) is 3.16. The Hall–Kier alpha value is -1.82. The highest BCUT2D eigenvalue weighted by molar-refractivity contribution is 9.10. The van der Waals surface area contributed by atoms with Crippen LogP contribution in [0.4, 0.5) is 5.82 Å². The van der Waals surface area contributed by atoms with Gasteiger partial charge in [-0.3, -0.25) is 4.79 Å². The number of rotatable bonds is 3.